The van der Waals surface area contributed by atoms with Gasteiger partial charge in [0.15, 0.2) is 6.04 Å². The second-order valence-electron chi connectivity index (χ2n) is 8.05. The highest BCUT2D eigenvalue weighted by Gasteiger charge is 2.46. The van der Waals surface area contributed by atoms with E-state index in [1.54, 1.807) is 29.2 Å². The number of hydrogen-bond acceptors (Lipinski definition) is 2. The van der Waals surface area contributed by atoms with Crippen molar-refractivity contribution in [2.24, 2.45) is 0 Å². The lowest BCUT2D eigenvalue weighted by Crippen LogP contribution is -3.30. The maximum Gasteiger partial charge on any atom is 0.292 e. The molecule has 1 atom stereocenters. The Bertz CT molecular complexity index is 848. The standard InChI is InChI=1S/C23H26ClN3O2/c24-19-8-10-20(11-9-19)27-22(28)17-21(23(27)29)26-15-13-25(14-16-26)12-4-7-18-5-2-1-3-6-18/h1-3,5-6,8-11,21H,4,7,12-17H2/p+2/t21-/m0/s1. The van der Waals surface area contributed by atoms with Crippen LogP contribution >= 0.6 is 11.6 Å². The summed E-state index contributed by atoms with van der Waals surface area (Å²) in [5.74, 6) is -0.174. The lowest BCUT2D eigenvalue weighted by atomic mass is 10.1. The second kappa shape index (κ2) is 9.08. The van der Waals surface area contributed by atoms with Crippen molar-refractivity contribution in [2.75, 3.05) is 37.6 Å². The molecule has 0 spiro atoms. The first-order valence-electron chi connectivity index (χ1n) is 10.5. The van der Waals surface area contributed by atoms with Gasteiger partial charge >= 0.3 is 0 Å². The number of amides is 2. The average molecular weight is 414 g/mol. The first-order valence-corrected chi connectivity index (χ1v) is 10.8. The molecule has 2 heterocycles. The third kappa shape index (κ3) is 4.69. The normalized spacial score (nSPS) is 24.9. The number of halogens is 1. The van der Waals surface area contributed by atoms with Crippen molar-refractivity contribution in [3.63, 3.8) is 0 Å². The van der Waals surface area contributed by atoms with Crippen LogP contribution in [0.1, 0.15) is 18.4 Å². The Morgan fingerprint density at radius 2 is 1.62 bits per heavy atom. The Labute approximate surface area is 176 Å². The number of piperazine rings is 1. The lowest BCUT2D eigenvalue weighted by molar-refractivity contribution is -1.02. The van der Waals surface area contributed by atoms with Gasteiger partial charge in [0.05, 0.1) is 18.7 Å². The molecule has 4 rings (SSSR count). The molecule has 2 amide bonds. The van der Waals surface area contributed by atoms with E-state index in [1.165, 1.54) is 21.8 Å². The molecule has 0 unspecified atom stereocenters. The molecule has 0 radical (unpaired) electrons. The number of carbonyl (C=O) groups excluding carboxylic acids is 2. The third-order valence-electron chi connectivity index (χ3n) is 6.16. The molecule has 29 heavy (non-hydrogen) atoms. The second-order valence-corrected chi connectivity index (χ2v) is 8.48. The Morgan fingerprint density at radius 3 is 2.31 bits per heavy atom. The van der Waals surface area contributed by atoms with E-state index in [-0.39, 0.29) is 17.9 Å². The smallest absolute Gasteiger partial charge is 0.292 e. The van der Waals surface area contributed by atoms with Crippen LogP contribution in [0.3, 0.4) is 0 Å². The molecule has 2 aliphatic heterocycles. The van der Waals surface area contributed by atoms with E-state index in [1.807, 2.05) is 0 Å². The third-order valence-corrected chi connectivity index (χ3v) is 6.41. The minimum Gasteiger partial charge on any atom is -0.326 e. The largest absolute Gasteiger partial charge is 0.326 e. The van der Waals surface area contributed by atoms with E-state index in [0.717, 1.165) is 39.1 Å². The van der Waals surface area contributed by atoms with E-state index in [0.29, 0.717) is 17.1 Å². The van der Waals surface area contributed by atoms with Crippen molar-refractivity contribution in [3.8, 4) is 0 Å². The van der Waals surface area contributed by atoms with Crippen LogP contribution in [0.15, 0.2) is 54.6 Å². The van der Waals surface area contributed by atoms with Gasteiger partial charge in [-0.3, -0.25) is 9.59 Å². The fourth-order valence-corrected chi connectivity index (χ4v) is 4.65. The Kier molecular flexibility index (Phi) is 6.28. The maximum atomic E-state index is 13.0. The molecule has 6 heteroatoms. The summed E-state index contributed by atoms with van der Waals surface area (Å²) in [5.41, 5.74) is 2.02. The van der Waals surface area contributed by atoms with E-state index in [4.69, 9.17) is 11.6 Å². The maximum absolute atomic E-state index is 13.0. The van der Waals surface area contributed by atoms with Gasteiger partial charge in [-0.2, -0.15) is 0 Å². The number of nitrogens with one attached hydrogen (secondary N) is 2. The molecule has 0 aromatic heterocycles. The predicted octanol–water partition coefficient (Wildman–Crippen LogP) is 0.388. The van der Waals surface area contributed by atoms with Gasteiger partial charge in [-0.25, -0.2) is 4.90 Å². The fraction of sp³-hybridized carbons (Fsp3) is 0.391. The zero-order valence-electron chi connectivity index (χ0n) is 16.6. The topological polar surface area (TPSA) is 46.3 Å². The Balaban J connectivity index is 1.28. The van der Waals surface area contributed by atoms with Gasteiger partial charge in [0.25, 0.3) is 5.91 Å². The van der Waals surface area contributed by atoms with Gasteiger partial charge in [0.2, 0.25) is 5.91 Å². The van der Waals surface area contributed by atoms with Gasteiger partial charge in [-0.1, -0.05) is 41.9 Å². The van der Waals surface area contributed by atoms with Gasteiger partial charge in [0, 0.05) is 11.4 Å². The fourth-order valence-electron chi connectivity index (χ4n) is 4.52. The number of nitrogens with zero attached hydrogens (tertiary/aromatic N) is 1. The highest BCUT2D eigenvalue weighted by atomic mass is 35.5. The van der Waals surface area contributed by atoms with Gasteiger partial charge in [-0.05, 0) is 36.2 Å². The molecule has 2 N–H and O–H groups in total. The van der Waals surface area contributed by atoms with Crippen LogP contribution in [0.4, 0.5) is 5.69 Å². The van der Waals surface area contributed by atoms with Crippen molar-refractivity contribution < 1.29 is 19.4 Å². The molecule has 2 saturated heterocycles. The molecule has 2 aliphatic rings. The van der Waals surface area contributed by atoms with E-state index >= 15 is 0 Å². The minimum atomic E-state index is -0.246. The molecule has 0 aliphatic carbocycles. The molecule has 2 aromatic carbocycles. The number of carbonyl (C=O) groups is 2. The van der Waals surface area contributed by atoms with Crippen molar-refractivity contribution in [1.82, 2.24) is 0 Å². The molecule has 2 fully saturated rings. The first kappa shape index (κ1) is 20.1. The van der Waals surface area contributed by atoms with Crippen molar-refractivity contribution >= 4 is 29.1 Å². The van der Waals surface area contributed by atoms with Crippen LogP contribution in [-0.2, 0) is 16.0 Å². The number of benzene rings is 2. The van der Waals surface area contributed by atoms with Crippen LogP contribution in [-0.4, -0.2) is 50.6 Å². The monoisotopic (exact) mass is 413 g/mol. The zero-order chi connectivity index (χ0) is 20.2. The molecular formula is C23H28ClN3O2+2. The number of quaternary nitrogens is 2. The molecule has 0 bridgehead atoms. The molecule has 0 saturated carbocycles. The molecular weight excluding hydrogens is 386 g/mol. The van der Waals surface area contributed by atoms with Crippen molar-refractivity contribution in [3.05, 3.63) is 65.2 Å². The number of imide groups is 1. The van der Waals surface area contributed by atoms with Crippen LogP contribution in [0.25, 0.3) is 0 Å². The van der Waals surface area contributed by atoms with Gasteiger partial charge in [-0.15, -0.1) is 0 Å². The summed E-state index contributed by atoms with van der Waals surface area (Å²) < 4.78 is 0. The highest BCUT2D eigenvalue weighted by molar-refractivity contribution is 6.30. The quantitative estimate of drug-likeness (QED) is 0.673. The number of aryl methyl sites for hydroxylation is 1. The van der Waals surface area contributed by atoms with Gasteiger partial charge < -0.3 is 9.80 Å². The summed E-state index contributed by atoms with van der Waals surface area (Å²) in [6.07, 6.45) is 2.60. The summed E-state index contributed by atoms with van der Waals surface area (Å²) in [6, 6.07) is 17.3. The summed E-state index contributed by atoms with van der Waals surface area (Å²) in [5, 5.41) is 0.599. The summed E-state index contributed by atoms with van der Waals surface area (Å²) in [7, 11) is 0. The number of hydrogen-bond donors (Lipinski definition) is 2. The van der Waals surface area contributed by atoms with Crippen LogP contribution in [0.2, 0.25) is 5.02 Å². The molecule has 152 valence electrons. The van der Waals surface area contributed by atoms with Crippen LogP contribution in [0.5, 0.6) is 0 Å². The first-order chi connectivity index (χ1) is 14.1. The van der Waals surface area contributed by atoms with Crippen LogP contribution in [0, 0.1) is 0 Å². The number of rotatable bonds is 6. The summed E-state index contributed by atoms with van der Waals surface area (Å²) >= 11 is 5.93. The Hall–Kier alpha value is -2.21. The average Bonchev–Trinajstić information content (AvgIpc) is 3.04. The predicted molar refractivity (Wildman–Crippen MR) is 113 cm³/mol. The SMILES string of the molecule is O=C1C[C@H]([NH+]2CC[NH+](CCCc3ccccc3)CC2)C(=O)N1c1ccc(Cl)cc1. The summed E-state index contributed by atoms with van der Waals surface area (Å²) in [6.45, 7) is 5.17. The van der Waals surface area contributed by atoms with Crippen molar-refractivity contribution in [1.29, 1.82) is 0 Å². The van der Waals surface area contributed by atoms with Crippen molar-refractivity contribution in [2.45, 2.75) is 25.3 Å². The van der Waals surface area contributed by atoms with E-state index in [9.17, 15) is 9.59 Å². The zero-order valence-corrected chi connectivity index (χ0v) is 17.3. The number of anilines is 1. The van der Waals surface area contributed by atoms with Crippen LogP contribution < -0.4 is 14.7 Å². The molecule has 5 nitrogen and oxygen atoms in total. The van der Waals surface area contributed by atoms with E-state index in [2.05, 4.69) is 30.3 Å². The minimum absolute atomic E-state index is 0.0696. The molecule has 2 aromatic rings. The lowest BCUT2D eigenvalue weighted by Gasteiger charge is -2.32. The van der Waals surface area contributed by atoms with E-state index < -0.39 is 0 Å². The highest BCUT2D eigenvalue weighted by Crippen LogP contribution is 2.23. The summed E-state index contributed by atoms with van der Waals surface area (Å²) in [4.78, 5) is 29.7. The Morgan fingerprint density at radius 1 is 0.931 bits per heavy atom. The van der Waals surface area contributed by atoms with Gasteiger partial charge in [0.1, 0.15) is 26.2 Å².